The zero-order valence-corrected chi connectivity index (χ0v) is 17.2. The van der Waals surface area contributed by atoms with Crippen LogP contribution in [-0.2, 0) is 9.53 Å². The van der Waals surface area contributed by atoms with E-state index in [-0.39, 0.29) is 23.3 Å². The van der Waals surface area contributed by atoms with E-state index in [2.05, 4.69) is 43.4 Å². The van der Waals surface area contributed by atoms with E-state index in [0.717, 1.165) is 34.8 Å². The van der Waals surface area contributed by atoms with Gasteiger partial charge in [0.2, 0.25) is 0 Å². The molecule has 1 aliphatic heterocycles. The Balaban J connectivity index is 1.43. The van der Waals surface area contributed by atoms with E-state index in [4.69, 9.17) is 26.2 Å². The van der Waals surface area contributed by atoms with Gasteiger partial charge in [-0.15, -0.1) is 11.6 Å². The number of hydrogen-bond acceptors (Lipinski definition) is 3. The van der Waals surface area contributed by atoms with Crippen LogP contribution >= 0.6 is 11.6 Å². The summed E-state index contributed by atoms with van der Waals surface area (Å²) in [5.41, 5.74) is 3.35. The Labute approximate surface area is 175 Å². The van der Waals surface area contributed by atoms with Crippen molar-refractivity contribution in [3.63, 3.8) is 0 Å². The molecule has 0 spiro atoms. The van der Waals surface area contributed by atoms with Crippen LogP contribution in [0.5, 0.6) is 5.75 Å². The van der Waals surface area contributed by atoms with Crippen molar-refractivity contribution in [2.24, 2.45) is 11.8 Å². The molecule has 2 unspecified atom stereocenters. The molecule has 0 radical (unpaired) electrons. The molecule has 5 heteroatoms. The van der Waals surface area contributed by atoms with Gasteiger partial charge in [0, 0.05) is 5.92 Å². The standard InChI is InChI=1S/C24H25ClO4/c1-13-9-21(29-23-18(13)3-2-4-20(23)25)19-8-7-15(14-5-6-14)12-22(19)28-17-10-16(11-17)24(26)27/h2-3,7-9,12-14,16-17,20H,4-6,10-11H2,1H3,(H,26,27). The van der Waals surface area contributed by atoms with Gasteiger partial charge in [-0.3, -0.25) is 4.79 Å². The Hall–Kier alpha value is -2.20. The van der Waals surface area contributed by atoms with Crippen molar-refractivity contribution in [3.8, 4) is 5.75 Å². The van der Waals surface area contributed by atoms with Gasteiger partial charge >= 0.3 is 5.97 Å². The first kappa shape index (κ1) is 18.8. The third kappa shape index (κ3) is 3.59. The number of alkyl halides is 1. The summed E-state index contributed by atoms with van der Waals surface area (Å²) in [5, 5.41) is 9.00. The average molecular weight is 413 g/mol. The normalized spacial score (nSPS) is 30.8. The van der Waals surface area contributed by atoms with Crippen LogP contribution in [0.15, 0.2) is 47.8 Å². The third-order valence-electron chi connectivity index (χ3n) is 6.38. The molecule has 0 aromatic heterocycles. The average Bonchev–Trinajstić information content (AvgIpc) is 3.50. The minimum absolute atomic E-state index is 0.0564. The minimum atomic E-state index is -0.734. The second-order valence-electron chi connectivity index (χ2n) is 8.62. The zero-order valence-electron chi connectivity index (χ0n) is 16.4. The highest BCUT2D eigenvalue weighted by atomic mass is 35.5. The van der Waals surface area contributed by atoms with E-state index in [1.54, 1.807) is 0 Å². The molecule has 29 heavy (non-hydrogen) atoms. The number of hydrogen-bond donors (Lipinski definition) is 1. The molecule has 1 aromatic carbocycles. The summed E-state index contributed by atoms with van der Waals surface area (Å²) >= 11 is 6.54. The van der Waals surface area contributed by atoms with E-state index >= 15 is 0 Å². The molecule has 2 atom stereocenters. The largest absolute Gasteiger partial charge is 0.490 e. The zero-order chi connectivity index (χ0) is 20.1. The summed E-state index contributed by atoms with van der Waals surface area (Å²) < 4.78 is 12.6. The van der Waals surface area contributed by atoms with Crippen molar-refractivity contribution >= 4 is 23.3 Å². The second kappa shape index (κ2) is 7.24. The quantitative estimate of drug-likeness (QED) is 0.636. The van der Waals surface area contributed by atoms with Crippen LogP contribution < -0.4 is 4.74 Å². The molecule has 0 amide bonds. The van der Waals surface area contributed by atoms with Crippen LogP contribution in [0.1, 0.15) is 56.1 Å². The van der Waals surface area contributed by atoms with Gasteiger partial charge in [0.05, 0.1) is 16.9 Å². The number of rotatable bonds is 5. The summed E-state index contributed by atoms with van der Waals surface area (Å²) in [6.45, 7) is 2.15. The molecule has 2 saturated carbocycles. The lowest BCUT2D eigenvalue weighted by Gasteiger charge is -2.34. The maximum atomic E-state index is 11.1. The third-order valence-corrected chi connectivity index (χ3v) is 6.76. The van der Waals surface area contributed by atoms with Gasteiger partial charge in [0.1, 0.15) is 23.4 Å². The van der Waals surface area contributed by atoms with Crippen molar-refractivity contribution in [2.75, 3.05) is 0 Å². The van der Waals surface area contributed by atoms with E-state index in [0.29, 0.717) is 18.8 Å². The Morgan fingerprint density at radius 3 is 2.79 bits per heavy atom. The molecule has 152 valence electrons. The predicted molar refractivity (Wildman–Crippen MR) is 112 cm³/mol. The number of allylic oxidation sites excluding steroid dienone is 5. The van der Waals surface area contributed by atoms with Crippen LogP contribution in [0.25, 0.3) is 5.76 Å². The predicted octanol–water partition coefficient (Wildman–Crippen LogP) is 5.63. The van der Waals surface area contributed by atoms with E-state index < -0.39 is 5.97 Å². The SMILES string of the molecule is CC1C=C(c2ccc(C3CC3)cc2OC2CC(C(=O)O)C2)OC2=C1C=CCC2Cl. The number of benzene rings is 1. The van der Waals surface area contributed by atoms with Crippen LogP contribution in [0.2, 0.25) is 0 Å². The number of carboxylic acids is 1. The number of ether oxygens (including phenoxy) is 2. The maximum absolute atomic E-state index is 11.1. The van der Waals surface area contributed by atoms with Crippen molar-refractivity contribution in [1.82, 2.24) is 0 Å². The van der Waals surface area contributed by atoms with Gasteiger partial charge in [-0.05, 0) is 67.4 Å². The Morgan fingerprint density at radius 1 is 1.28 bits per heavy atom. The fourth-order valence-electron chi connectivity index (χ4n) is 4.35. The summed E-state index contributed by atoms with van der Waals surface area (Å²) in [4.78, 5) is 11.1. The van der Waals surface area contributed by atoms with Crippen LogP contribution in [0, 0.1) is 11.8 Å². The highest BCUT2D eigenvalue weighted by Crippen LogP contribution is 2.45. The highest BCUT2D eigenvalue weighted by Gasteiger charge is 2.37. The van der Waals surface area contributed by atoms with Crippen LogP contribution in [-0.4, -0.2) is 22.6 Å². The molecule has 1 heterocycles. The topological polar surface area (TPSA) is 55.8 Å². The van der Waals surface area contributed by atoms with Gasteiger partial charge in [0.25, 0.3) is 0 Å². The van der Waals surface area contributed by atoms with Crippen molar-refractivity contribution in [1.29, 1.82) is 0 Å². The Morgan fingerprint density at radius 2 is 2.07 bits per heavy atom. The van der Waals surface area contributed by atoms with E-state index in [1.807, 2.05) is 0 Å². The Bertz CT molecular complexity index is 934. The van der Waals surface area contributed by atoms with Crippen molar-refractivity contribution in [3.05, 3.63) is 58.9 Å². The van der Waals surface area contributed by atoms with E-state index in [1.165, 1.54) is 18.4 Å². The summed E-state index contributed by atoms with van der Waals surface area (Å²) in [5.74, 6) is 2.21. The highest BCUT2D eigenvalue weighted by molar-refractivity contribution is 6.22. The maximum Gasteiger partial charge on any atom is 0.306 e. The fourth-order valence-corrected chi connectivity index (χ4v) is 4.62. The van der Waals surface area contributed by atoms with E-state index in [9.17, 15) is 4.79 Å². The lowest BCUT2D eigenvalue weighted by Crippen LogP contribution is -2.38. The minimum Gasteiger partial charge on any atom is -0.490 e. The van der Waals surface area contributed by atoms with Gasteiger partial charge in [-0.2, -0.15) is 0 Å². The smallest absolute Gasteiger partial charge is 0.306 e. The molecule has 0 bridgehead atoms. The number of carboxylic acid groups (broad SMARTS) is 1. The van der Waals surface area contributed by atoms with Gasteiger partial charge in [-0.1, -0.05) is 25.1 Å². The lowest BCUT2D eigenvalue weighted by molar-refractivity contribution is -0.147. The molecular formula is C24H25ClO4. The molecule has 0 saturated heterocycles. The fraction of sp³-hybridized carbons (Fsp3) is 0.458. The molecular weight excluding hydrogens is 388 g/mol. The monoisotopic (exact) mass is 412 g/mol. The molecule has 1 N–H and O–H groups in total. The van der Waals surface area contributed by atoms with Crippen molar-refractivity contribution < 1.29 is 19.4 Å². The van der Waals surface area contributed by atoms with Crippen molar-refractivity contribution in [2.45, 2.75) is 56.4 Å². The number of aliphatic carboxylic acids is 1. The molecule has 4 aliphatic rings. The Kier molecular flexibility index (Phi) is 4.70. The first-order valence-corrected chi connectivity index (χ1v) is 10.9. The second-order valence-corrected chi connectivity index (χ2v) is 9.15. The molecule has 1 aromatic rings. The number of carbonyl (C=O) groups is 1. The van der Waals surface area contributed by atoms with Gasteiger partial charge in [0.15, 0.2) is 0 Å². The van der Waals surface area contributed by atoms with Crippen LogP contribution in [0.4, 0.5) is 0 Å². The summed E-state index contributed by atoms with van der Waals surface area (Å²) in [6, 6.07) is 6.37. The summed E-state index contributed by atoms with van der Waals surface area (Å²) in [6.07, 6.45) is 10.6. The lowest BCUT2D eigenvalue weighted by atomic mass is 9.82. The molecule has 3 aliphatic carbocycles. The van der Waals surface area contributed by atoms with Crippen LogP contribution in [0.3, 0.4) is 0 Å². The first-order chi connectivity index (χ1) is 14.0. The number of halogens is 1. The molecule has 5 rings (SSSR count). The molecule has 2 fully saturated rings. The van der Waals surface area contributed by atoms with Gasteiger partial charge in [-0.25, -0.2) is 0 Å². The molecule has 4 nitrogen and oxygen atoms in total. The summed E-state index contributed by atoms with van der Waals surface area (Å²) in [7, 11) is 0. The van der Waals surface area contributed by atoms with Gasteiger partial charge < -0.3 is 14.6 Å². The first-order valence-electron chi connectivity index (χ1n) is 10.5.